The number of benzene rings is 3. The fraction of sp³-hybridized carbons (Fsp3) is 0.0526. The molecular formula is C19H14Cl2SiZr. The van der Waals surface area contributed by atoms with Crippen LogP contribution in [0, 0.1) is 0 Å². The molecule has 112 valence electrons. The minimum atomic E-state index is 0. The van der Waals surface area contributed by atoms with Gasteiger partial charge in [0.15, 0.2) is 0 Å². The van der Waals surface area contributed by atoms with E-state index in [1.807, 2.05) is 0 Å². The molecule has 0 bridgehead atoms. The van der Waals surface area contributed by atoms with Crippen LogP contribution in [0.5, 0.6) is 0 Å². The van der Waals surface area contributed by atoms with Gasteiger partial charge in [0.25, 0.3) is 0 Å². The standard InChI is InChI=1S/C19H14Si.2ClH.Zr/c1-2-8-14(9-3-1)20-19-17-12-6-4-10-15(17)16-11-5-7-13-18(16)19;;;/h1-13,19H;2*1H;/q;;;+2/p-2. The van der Waals surface area contributed by atoms with Crippen molar-refractivity contribution in [2.24, 2.45) is 0 Å². The molecule has 4 heteroatoms. The van der Waals surface area contributed by atoms with Crippen molar-refractivity contribution >= 4 is 14.7 Å². The van der Waals surface area contributed by atoms with E-state index in [0.717, 1.165) is 9.52 Å². The molecule has 0 saturated carbocycles. The van der Waals surface area contributed by atoms with Crippen molar-refractivity contribution in [2.45, 2.75) is 5.54 Å². The molecule has 0 fully saturated rings. The van der Waals surface area contributed by atoms with Gasteiger partial charge in [-0.25, -0.2) is 0 Å². The summed E-state index contributed by atoms with van der Waals surface area (Å²) in [5.41, 5.74) is 6.31. The predicted octanol–water partition coefficient (Wildman–Crippen LogP) is -2.21. The van der Waals surface area contributed by atoms with Gasteiger partial charge in [0.2, 0.25) is 0 Å². The van der Waals surface area contributed by atoms with Crippen LogP contribution in [0.25, 0.3) is 11.1 Å². The zero-order valence-corrected chi connectivity index (χ0v) is 17.3. The SMILES string of the molecule is [Cl-].[Cl-].[Zr+2].c1ccc([Si]C2c3ccccc3-c3ccccc32)cc1. The Labute approximate surface area is 171 Å². The summed E-state index contributed by atoms with van der Waals surface area (Å²) in [5.74, 6) is 0. The van der Waals surface area contributed by atoms with Crippen molar-refractivity contribution in [2.75, 3.05) is 0 Å². The van der Waals surface area contributed by atoms with Gasteiger partial charge in [-0.3, -0.25) is 0 Å². The van der Waals surface area contributed by atoms with E-state index in [-0.39, 0.29) is 51.0 Å². The second kappa shape index (κ2) is 8.99. The molecule has 0 amide bonds. The van der Waals surface area contributed by atoms with E-state index in [2.05, 4.69) is 78.9 Å². The Morgan fingerprint density at radius 2 is 1.00 bits per heavy atom. The summed E-state index contributed by atoms with van der Waals surface area (Å²) >= 11 is 0. The van der Waals surface area contributed by atoms with Crippen molar-refractivity contribution < 1.29 is 51.0 Å². The van der Waals surface area contributed by atoms with E-state index in [1.54, 1.807) is 0 Å². The summed E-state index contributed by atoms with van der Waals surface area (Å²) in [7, 11) is 0.792. The van der Waals surface area contributed by atoms with E-state index in [9.17, 15) is 0 Å². The summed E-state index contributed by atoms with van der Waals surface area (Å²) in [5, 5.41) is 1.43. The zero-order valence-electron chi connectivity index (χ0n) is 12.3. The van der Waals surface area contributed by atoms with Crippen LogP contribution in [0.15, 0.2) is 78.9 Å². The molecule has 1 aliphatic carbocycles. The molecule has 2 radical (unpaired) electrons. The van der Waals surface area contributed by atoms with E-state index in [1.165, 1.54) is 27.4 Å². The Morgan fingerprint density at radius 1 is 0.565 bits per heavy atom. The van der Waals surface area contributed by atoms with Crippen LogP contribution < -0.4 is 30.0 Å². The molecule has 0 nitrogen and oxygen atoms in total. The quantitative estimate of drug-likeness (QED) is 0.403. The second-order valence-electron chi connectivity index (χ2n) is 5.12. The first-order chi connectivity index (χ1) is 9.93. The topological polar surface area (TPSA) is 0 Å². The molecule has 0 aliphatic heterocycles. The van der Waals surface area contributed by atoms with Gasteiger partial charge >= 0.3 is 26.2 Å². The third kappa shape index (κ3) is 3.88. The Bertz CT molecular complexity index is 717. The van der Waals surface area contributed by atoms with Crippen LogP contribution >= 0.6 is 0 Å². The molecule has 0 unspecified atom stereocenters. The van der Waals surface area contributed by atoms with Gasteiger partial charge in [0.05, 0.1) is 9.52 Å². The van der Waals surface area contributed by atoms with Gasteiger partial charge in [0.1, 0.15) is 0 Å². The first-order valence-corrected chi connectivity index (χ1v) is 8.01. The Morgan fingerprint density at radius 3 is 1.52 bits per heavy atom. The second-order valence-corrected chi connectivity index (χ2v) is 6.56. The van der Waals surface area contributed by atoms with Crippen molar-refractivity contribution in [1.82, 2.24) is 0 Å². The maximum Gasteiger partial charge on any atom is 2.00 e. The molecular weight excluding hydrogens is 418 g/mol. The first-order valence-electron chi connectivity index (χ1n) is 6.93. The summed E-state index contributed by atoms with van der Waals surface area (Å²) in [6.45, 7) is 0. The Hall–Kier alpha value is -0.660. The number of hydrogen-bond acceptors (Lipinski definition) is 0. The summed E-state index contributed by atoms with van der Waals surface area (Å²) in [4.78, 5) is 0. The van der Waals surface area contributed by atoms with Crippen molar-refractivity contribution in [3.63, 3.8) is 0 Å². The molecule has 0 N–H and O–H groups in total. The smallest absolute Gasteiger partial charge is 1.00 e. The molecule has 23 heavy (non-hydrogen) atoms. The maximum absolute atomic E-state index is 2.29. The third-order valence-electron chi connectivity index (χ3n) is 3.92. The van der Waals surface area contributed by atoms with Gasteiger partial charge in [0, 0.05) is 5.54 Å². The molecule has 0 aromatic heterocycles. The summed E-state index contributed by atoms with van der Waals surface area (Å²) in [6, 6.07) is 28.5. The molecule has 4 rings (SSSR count). The average molecular weight is 433 g/mol. The molecule has 0 saturated heterocycles. The number of fused-ring (bicyclic) bond motifs is 3. The molecule has 3 aromatic rings. The van der Waals surface area contributed by atoms with Gasteiger partial charge in [-0.15, -0.1) is 0 Å². The number of hydrogen-bond donors (Lipinski definition) is 0. The monoisotopic (exact) mass is 430 g/mol. The van der Waals surface area contributed by atoms with Gasteiger partial charge in [-0.1, -0.05) is 84.0 Å². The van der Waals surface area contributed by atoms with E-state index in [4.69, 9.17) is 0 Å². The van der Waals surface area contributed by atoms with Crippen LogP contribution in [0.2, 0.25) is 0 Å². The summed E-state index contributed by atoms with van der Waals surface area (Å²) in [6.07, 6.45) is 0. The van der Waals surface area contributed by atoms with E-state index >= 15 is 0 Å². The fourth-order valence-electron chi connectivity index (χ4n) is 3.01. The van der Waals surface area contributed by atoms with Gasteiger partial charge < -0.3 is 24.8 Å². The van der Waals surface area contributed by atoms with E-state index < -0.39 is 0 Å². The Balaban J connectivity index is 0.000000882. The Kier molecular flexibility index (Phi) is 7.97. The van der Waals surface area contributed by atoms with Gasteiger partial charge in [-0.2, -0.15) is 0 Å². The largest absolute Gasteiger partial charge is 2.00 e. The molecule has 0 spiro atoms. The van der Waals surface area contributed by atoms with Crippen LogP contribution in [0.1, 0.15) is 16.7 Å². The number of rotatable bonds is 2. The van der Waals surface area contributed by atoms with Crippen molar-refractivity contribution in [1.29, 1.82) is 0 Å². The fourth-order valence-corrected chi connectivity index (χ4v) is 4.54. The number of halogens is 2. The minimum absolute atomic E-state index is 0. The molecule has 1 aliphatic rings. The maximum atomic E-state index is 2.29. The average Bonchev–Trinajstić information content (AvgIpc) is 2.84. The van der Waals surface area contributed by atoms with Gasteiger partial charge in [-0.05, 0) is 22.3 Å². The zero-order chi connectivity index (χ0) is 13.4. The molecule has 0 atom stereocenters. The first kappa shape index (κ1) is 20.4. The molecule has 3 aromatic carbocycles. The van der Waals surface area contributed by atoms with Crippen LogP contribution in [0.4, 0.5) is 0 Å². The van der Waals surface area contributed by atoms with Crippen LogP contribution in [0.3, 0.4) is 0 Å². The van der Waals surface area contributed by atoms with Crippen LogP contribution in [-0.2, 0) is 26.2 Å². The van der Waals surface area contributed by atoms with Crippen molar-refractivity contribution in [3.05, 3.63) is 90.0 Å². The third-order valence-corrected chi connectivity index (χ3v) is 5.50. The summed E-state index contributed by atoms with van der Waals surface area (Å²) < 4.78 is 0. The molecule has 0 heterocycles. The minimum Gasteiger partial charge on any atom is -1.00 e. The van der Waals surface area contributed by atoms with E-state index in [0.29, 0.717) is 5.54 Å². The van der Waals surface area contributed by atoms with Crippen LogP contribution in [-0.4, -0.2) is 9.52 Å². The predicted molar refractivity (Wildman–Crippen MR) is 85.6 cm³/mol. The van der Waals surface area contributed by atoms with Crippen molar-refractivity contribution in [3.8, 4) is 11.1 Å². The normalized spacial score (nSPS) is 11.3.